The van der Waals surface area contributed by atoms with E-state index in [0.29, 0.717) is 6.61 Å². The predicted molar refractivity (Wildman–Crippen MR) is 47.3 cm³/mol. The normalized spacial score (nSPS) is 6.67. The van der Waals surface area contributed by atoms with E-state index in [0.717, 1.165) is 12.5 Å². The van der Waals surface area contributed by atoms with Crippen LogP contribution in [0.3, 0.4) is 0 Å². The molecule has 0 heterocycles. The molecule has 3 heteroatoms. The van der Waals surface area contributed by atoms with Crippen LogP contribution in [0.2, 0.25) is 0 Å². The lowest BCUT2D eigenvalue weighted by molar-refractivity contribution is -0.137. The molecule has 0 unspecified atom stereocenters. The van der Waals surface area contributed by atoms with Crippen molar-refractivity contribution in [2.75, 3.05) is 6.61 Å². The zero-order valence-corrected chi connectivity index (χ0v) is 7.25. The Hall–Kier alpha value is -1.56. The number of nitrogens with zero attached hydrogens (tertiary/aromatic N) is 1. The summed E-state index contributed by atoms with van der Waals surface area (Å²) in [5.74, 6) is -0.341. The Morgan fingerprint density at radius 1 is 1.67 bits per heavy atom. The number of ether oxygens (including phenoxy) is 1. The van der Waals surface area contributed by atoms with Gasteiger partial charge in [-0.05, 0) is 6.42 Å². The van der Waals surface area contributed by atoms with Gasteiger partial charge in [-0.3, -0.25) is 0 Å². The number of rotatable bonds is 3. The summed E-state index contributed by atoms with van der Waals surface area (Å²) in [6, 6.07) is 1.69. The predicted octanol–water partition coefficient (Wildman–Crippen LogP) is 1.82. The third-order valence-electron chi connectivity index (χ3n) is 0.706. The van der Waals surface area contributed by atoms with Gasteiger partial charge in [-0.2, -0.15) is 5.26 Å². The van der Waals surface area contributed by atoms with Gasteiger partial charge in [0.2, 0.25) is 0 Å². The molecule has 0 N–H and O–H groups in total. The van der Waals surface area contributed by atoms with Crippen LogP contribution in [0.1, 0.15) is 13.3 Å². The molecule has 0 bridgehead atoms. The van der Waals surface area contributed by atoms with Crippen molar-refractivity contribution < 1.29 is 9.53 Å². The monoisotopic (exact) mass is 167 g/mol. The number of carbonyl (C=O) groups excluding carboxylic acids is 1. The van der Waals surface area contributed by atoms with Crippen LogP contribution in [-0.2, 0) is 9.53 Å². The molecular formula is C9H13NO2. The summed E-state index contributed by atoms with van der Waals surface area (Å²) >= 11 is 0. The summed E-state index contributed by atoms with van der Waals surface area (Å²) in [7, 11) is 0. The minimum atomic E-state index is -0.341. The molecular weight excluding hydrogens is 154 g/mol. The van der Waals surface area contributed by atoms with E-state index in [9.17, 15) is 4.79 Å². The molecule has 0 rings (SSSR count). The molecule has 3 nitrogen and oxygen atoms in total. The second-order valence-corrected chi connectivity index (χ2v) is 1.70. The zero-order valence-electron chi connectivity index (χ0n) is 7.25. The molecule has 0 aliphatic carbocycles. The Bertz CT molecular complexity index is 179. The first-order chi connectivity index (χ1) is 5.72. The van der Waals surface area contributed by atoms with E-state index in [2.05, 4.69) is 17.9 Å². The third kappa shape index (κ3) is 15.8. The van der Waals surface area contributed by atoms with Gasteiger partial charge in [-0.1, -0.05) is 20.1 Å². The molecule has 0 aromatic carbocycles. The molecule has 0 fully saturated rings. The van der Waals surface area contributed by atoms with Crippen LogP contribution in [0, 0.1) is 11.3 Å². The number of hydrogen-bond donors (Lipinski definition) is 0. The summed E-state index contributed by atoms with van der Waals surface area (Å²) in [6.45, 7) is 8.79. The molecule has 0 atom stereocenters. The fourth-order valence-corrected chi connectivity index (χ4v) is 0.262. The molecule has 0 spiro atoms. The van der Waals surface area contributed by atoms with Crippen molar-refractivity contribution in [2.45, 2.75) is 13.3 Å². The van der Waals surface area contributed by atoms with Crippen molar-refractivity contribution in [3.63, 3.8) is 0 Å². The molecule has 0 saturated carbocycles. The number of hydrogen-bond acceptors (Lipinski definition) is 3. The average Bonchev–Trinajstić information content (AvgIpc) is 2.14. The van der Waals surface area contributed by atoms with E-state index in [1.807, 2.05) is 6.92 Å². The van der Waals surface area contributed by atoms with E-state index >= 15 is 0 Å². The second kappa shape index (κ2) is 12.1. The summed E-state index contributed by atoms with van der Waals surface area (Å²) in [5.41, 5.74) is 0. The number of allylic oxidation sites excluding steroid dienone is 1. The lowest BCUT2D eigenvalue weighted by Gasteiger charge is -1.94. The SMILES string of the molecule is C=CC#N.C=CC(=O)OCCC. The molecule has 0 amide bonds. The minimum absolute atomic E-state index is 0.341. The lowest BCUT2D eigenvalue weighted by atomic mass is 10.5. The first-order valence-electron chi connectivity index (χ1n) is 3.52. The quantitative estimate of drug-likeness (QED) is 0.366. The van der Waals surface area contributed by atoms with Crippen molar-refractivity contribution in [1.29, 1.82) is 5.26 Å². The van der Waals surface area contributed by atoms with E-state index in [-0.39, 0.29) is 5.97 Å². The highest BCUT2D eigenvalue weighted by Crippen LogP contribution is 1.81. The molecule has 0 aromatic rings. The van der Waals surface area contributed by atoms with Gasteiger partial charge in [0.25, 0.3) is 0 Å². The summed E-state index contributed by atoms with van der Waals surface area (Å²) in [6.07, 6.45) is 3.20. The number of carbonyl (C=O) groups is 1. The van der Waals surface area contributed by atoms with Gasteiger partial charge in [-0.25, -0.2) is 4.79 Å². The maximum Gasteiger partial charge on any atom is 0.330 e. The Labute approximate surface area is 73.0 Å². The van der Waals surface area contributed by atoms with Crippen molar-refractivity contribution in [2.24, 2.45) is 0 Å². The fraction of sp³-hybridized carbons (Fsp3) is 0.333. The largest absolute Gasteiger partial charge is 0.463 e. The van der Waals surface area contributed by atoms with Crippen LogP contribution < -0.4 is 0 Å². The first-order valence-corrected chi connectivity index (χ1v) is 3.52. The molecule has 0 aromatic heterocycles. The molecule has 12 heavy (non-hydrogen) atoms. The average molecular weight is 167 g/mol. The van der Waals surface area contributed by atoms with Gasteiger partial charge in [0.15, 0.2) is 0 Å². The van der Waals surface area contributed by atoms with E-state index in [1.54, 1.807) is 6.07 Å². The Morgan fingerprint density at radius 2 is 2.17 bits per heavy atom. The highest BCUT2D eigenvalue weighted by Gasteiger charge is 1.89. The van der Waals surface area contributed by atoms with Crippen molar-refractivity contribution >= 4 is 5.97 Å². The summed E-state index contributed by atoms with van der Waals surface area (Å²) < 4.78 is 4.58. The molecule has 0 aliphatic heterocycles. The lowest BCUT2D eigenvalue weighted by Crippen LogP contribution is -1.99. The van der Waals surface area contributed by atoms with Gasteiger partial charge in [0.05, 0.1) is 12.7 Å². The van der Waals surface area contributed by atoms with Gasteiger partial charge in [-0.15, -0.1) is 0 Å². The minimum Gasteiger partial charge on any atom is -0.463 e. The number of esters is 1. The standard InChI is InChI=1S/C6H10O2.C3H3N/c1-3-5-8-6(7)4-2;1-2-3-4/h4H,2-3,5H2,1H3;2H,1H2. The molecule has 0 aliphatic rings. The van der Waals surface area contributed by atoms with Crippen LogP contribution in [-0.4, -0.2) is 12.6 Å². The van der Waals surface area contributed by atoms with Crippen LogP contribution >= 0.6 is 0 Å². The fourth-order valence-electron chi connectivity index (χ4n) is 0.262. The molecule has 0 saturated heterocycles. The number of nitriles is 1. The van der Waals surface area contributed by atoms with Crippen LogP contribution in [0.25, 0.3) is 0 Å². The molecule has 66 valence electrons. The smallest absolute Gasteiger partial charge is 0.330 e. The Balaban J connectivity index is 0. The Morgan fingerprint density at radius 3 is 2.42 bits per heavy atom. The molecule has 0 radical (unpaired) electrons. The highest BCUT2D eigenvalue weighted by atomic mass is 16.5. The topological polar surface area (TPSA) is 50.1 Å². The van der Waals surface area contributed by atoms with Gasteiger partial charge in [0.1, 0.15) is 0 Å². The maximum absolute atomic E-state index is 10.2. The van der Waals surface area contributed by atoms with Crippen molar-refractivity contribution in [3.05, 3.63) is 25.3 Å². The van der Waals surface area contributed by atoms with Crippen LogP contribution in [0.5, 0.6) is 0 Å². The van der Waals surface area contributed by atoms with Crippen molar-refractivity contribution in [1.82, 2.24) is 0 Å². The van der Waals surface area contributed by atoms with E-state index in [1.165, 1.54) is 6.08 Å². The van der Waals surface area contributed by atoms with Gasteiger partial charge < -0.3 is 4.74 Å². The second-order valence-electron chi connectivity index (χ2n) is 1.70. The summed E-state index contributed by atoms with van der Waals surface area (Å²) in [5, 5.41) is 7.51. The summed E-state index contributed by atoms with van der Waals surface area (Å²) in [4.78, 5) is 10.2. The Kier molecular flexibility index (Phi) is 13.2. The van der Waals surface area contributed by atoms with Gasteiger partial charge >= 0.3 is 5.97 Å². The van der Waals surface area contributed by atoms with Crippen molar-refractivity contribution in [3.8, 4) is 6.07 Å². The first kappa shape index (κ1) is 13.1. The van der Waals surface area contributed by atoms with E-state index in [4.69, 9.17) is 5.26 Å². The third-order valence-corrected chi connectivity index (χ3v) is 0.706. The van der Waals surface area contributed by atoms with Crippen LogP contribution in [0.15, 0.2) is 25.3 Å². The highest BCUT2D eigenvalue weighted by molar-refractivity contribution is 5.81. The zero-order chi connectivity index (χ0) is 9.82. The maximum atomic E-state index is 10.2. The van der Waals surface area contributed by atoms with E-state index < -0.39 is 0 Å². The van der Waals surface area contributed by atoms with Crippen LogP contribution in [0.4, 0.5) is 0 Å². The van der Waals surface area contributed by atoms with Gasteiger partial charge in [0, 0.05) is 12.2 Å².